The van der Waals surface area contributed by atoms with Gasteiger partial charge in [0.15, 0.2) is 5.13 Å². The number of nitrogens with zero attached hydrogens (tertiary/aromatic N) is 3. The van der Waals surface area contributed by atoms with E-state index in [4.69, 9.17) is 16.6 Å². The third kappa shape index (κ3) is 7.09. The van der Waals surface area contributed by atoms with Crippen molar-refractivity contribution in [3.8, 4) is 0 Å². The first kappa shape index (κ1) is 25.9. The van der Waals surface area contributed by atoms with E-state index in [1.165, 1.54) is 21.8 Å². The summed E-state index contributed by atoms with van der Waals surface area (Å²) in [6.45, 7) is 5.68. The highest BCUT2D eigenvalue weighted by Gasteiger charge is 2.21. The van der Waals surface area contributed by atoms with Crippen LogP contribution in [-0.2, 0) is 4.79 Å². The number of rotatable bonds is 9. The number of aryl methyl sites for hydroxylation is 2. The number of hydrogen-bond acceptors (Lipinski definition) is 5. The van der Waals surface area contributed by atoms with Gasteiger partial charge in [-0.2, -0.15) is 0 Å². The minimum atomic E-state index is 0. The maximum atomic E-state index is 13.1. The summed E-state index contributed by atoms with van der Waals surface area (Å²) in [6, 6.07) is 12.3. The Morgan fingerprint density at radius 3 is 2.45 bits per heavy atom. The quantitative estimate of drug-likeness (QED) is 0.318. The van der Waals surface area contributed by atoms with Gasteiger partial charge in [0.2, 0.25) is 5.91 Å². The molecule has 0 aliphatic heterocycles. The molecule has 3 aromatic rings. The predicted octanol–water partition coefficient (Wildman–Crippen LogP) is 6.46. The van der Waals surface area contributed by atoms with E-state index in [9.17, 15) is 4.79 Å². The summed E-state index contributed by atoms with van der Waals surface area (Å²) in [5.74, 6) is 0.859. The van der Waals surface area contributed by atoms with Crippen molar-refractivity contribution in [2.24, 2.45) is 0 Å². The molecule has 2 aromatic carbocycles. The van der Waals surface area contributed by atoms with E-state index in [1.54, 1.807) is 11.8 Å². The van der Waals surface area contributed by atoms with Crippen LogP contribution in [0.4, 0.5) is 5.13 Å². The number of aromatic nitrogens is 1. The van der Waals surface area contributed by atoms with Gasteiger partial charge in [0.1, 0.15) is 0 Å². The molecule has 0 saturated heterocycles. The first-order valence-corrected chi connectivity index (χ1v) is 12.2. The molecule has 0 fully saturated rings. The molecule has 168 valence electrons. The molecule has 1 heterocycles. The smallest absolute Gasteiger partial charge is 0.229 e. The number of benzene rings is 2. The van der Waals surface area contributed by atoms with Crippen LogP contribution in [0, 0.1) is 13.8 Å². The monoisotopic (exact) mass is 497 g/mol. The topological polar surface area (TPSA) is 36.4 Å². The third-order valence-electron chi connectivity index (χ3n) is 4.81. The van der Waals surface area contributed by atoms with Gasteiger partial charge in [-0.05, 0) is 64.7 Å². The van der Waals surface area contributed by atoms with Crippen molar-refractivity contribution in [1.82, 2.24) is 9.88 Å². The van der Waals surface area contributed by atoms with Crippen LogP contribution >= 0.6 is 47.1 Å². The van der Waals surface area contributed by atoms with Gasteiger partial charge >= 0.3 is 0 Å². The van der Waals surface area contributed by atoms with Crippen molar-refractivity contribution in [2.75, 3.05) is 37.8 Å². The van der Waals surface area contributed by atoms with Gasteiger partial charge in [-0.3, -0.25) is 9.69 Å². The minimum Gasteiger partial charge on any atom is -0.309 e. The zero-order chi connectivity index (χ0) is 21.7. The second kappa shape index (κ2) is 12.1. The maximum absolute atomic E-state index is 13.1. The number of halogens is 2. The third-order valence-corrected chi connectivity index (χ3v) is 7.36. The zero-order valence-corrected chi connectivity index (χ0v) is 21.6. The van der Waals surface area contributed by atoms with E-state index in [0.29, 0.717) is 18.0 Å². The number of carbonyl (C=O) groups excluding carboxylic acids is 1. The highest BCUT2D eigenvalue weighted by Crippen LogP contribution is 2.36. The second-order valence-corrected chi connectivity index (χ2v) is 10.2. The lowest BCUT2D eigenvalue weighted by Gasteiger charge is -2.21. The van der Waals surface area contributed by atoms with Crippen molar-refractivity contribution in [1.29, 1.82) is 0 Å². The summed E-state index contributed by atoms with van der Waals surface area (Å²) in [4.78, 5) is 23.1. The van der Waals surface area contributed by atoms with Crippen molar-refractivity contribution in [3.05, 3.63) is 52.5 Å². The molecule has 0 unspecified atom stereocenters. The SMILES string of the molecule is Cc1ccc(SCCC(=O)N(CCCN(C)C)c2nc3c(C)ccc(Cl)c3s2)cc1.Cl. The number of fused-ring (bicyclic) bond motifs is 1. The van der Waals surface area contributed by atoms with Gasteiger partial charge in [-0.1, -0.05) is 46.7 Å². The van der Waals surface area contributed by atoms with Crippen LogP contribution < -0.4 is 4.90 Å². The molecule has 0 bridgehead atoms. The molecule has 4 nitrogen and oxygen atoms in total. The average molecular weight is 499 g/mol. The van der Waals surface area contributed by atoms with Gasteiger partial charge in [0.25, 0.3) is 0 Å². The predicted molar refractivity (Wildman–Crippen MR) is 139 cm³/mol. The van der Waals surface area contributed by atoms with Gasteiger partial charge in [-0.25, -0.2) is 4.98 Å². The van der Waals surface area contributed by atoms with Crippen molar-refractivity contribution in [3.63, 3.8) is 0 Å². The van der Waals surface area contributed by atoms with E-state index >= 15 is 0 Å². The summed E-state index contributed by atoms with van der Waals surface area (Å²) in [6.07, 6.45) is 1.37. The van der Waals surface area contributed by atoms with Gasteiger partial charge in [0, 0.05) is 23.6 Å². The number of thiazole rings is 1. The Balaban J connectivity index is 0.00000341. The average Bonchev–Trinajstić information content (AvgIpc) is 3.16. The lowest BCUT2D eigenvalue weighted by atomic mass is 10.2. The lowest BCUT2D eigenvalue weighted by molar-refractivity contribution is -0.118. The molecule has 3 rings (SSSR count). The fourth-order valence-corrected chi connectivity index (χ4v) is 5.30. The Hall–Kier alpha value is -1.31. The largest absolute Gasteiger partial charge is 0.309 e. The van der Waals surface area contributed by atoms with Crippen LogP contribution in [0.25, 0.3) is 10.2 Å². The summed E-state index contributed by atoms with van der Waals surface area (Å²) in [5.41, 5.74) is 3.21. The van der Waals surface area contributed by atoms with Gasteiger partial charge in [-0.15, -0.1) is 24.2 Å². The van der Waals surface area contributed by atoms with Crippen molar-refractivity contribution in [2.45, 2.75) is 31.6 Å². The van der Waals surface area contributed by atoms with Crippen LogP contribution in [0.1, 0.15) is 24.0 Å². The number of amides is 1. The number of carbonyl (C=O) groups is 1. The number of hydrogen-bond donors (Lipinski definition) is 0. The second-order valence-electron chi connectivity index (χ2n) is 7.65. The van der Waals surface area contributed by atoms with E-state index in [1.807, 2.05) is 38.1 Å². The normalized spacial score (nSPS) is 11.0. The van der Waals surface area contributed by atoms with Gasteiger partial charge in [0.05, 0.1) is 15.2 Å². The molecule has 0 aliphatic rings. The number of thioether (sulfide) groups is 1. The summed E-state index contributed by atoms with van der Waals surface area (Å²) in [5, 5.41) is 1.43. The zero-order valence-electron chi connectivity index (χ0n) is 18.4. The van der Waals surface area contributed by atoms with Crippen LogP contribution in [0.2, 0.25) is 5.02 Å². The molecule has 0 radical (unpaired) electrons. The Labute approximate surface area is 204 Å². The maximum Gasteiger partial charge on any atom is 0.229 e. The first-order valence-electron chi connectivity index (χ1n) is 10.1. The molecular weight excluding hydrogens is 469 g/mol. The molecule has 31 heavy (non-hydrogen) atoms. The van der Waals surface area contributed by atoms with E-state index in [0.717, 1.165) is 39.6 Å². The van der Waals surface area contributed by atoms with E-state index < -0.39 is 0 Å². The fourth-order valence-electron chi connectivity index (χ4n) is 3.10. The summed E-state index contributed by atoms with van der Waals surface area (Å²) >= 11 is 9.61. The Bertz CT molecular complexity index is 967. The molecule has 0 aliphatic carbocycles. The standard InChI is InChI=1S/C23H28ClN3OS2.ClH/c1-16-6-9-18(10-7-16)29-15-12-20(28)27(14-5-13-26(3)4)23-25-21-17(2)8-11-19(24)22(21)30-23;/h6-11H,5,12-15H2,1-4H3;1H. The van der Waals surface area contributed by atoms with Crippen molar-refractivity contribution >= 4 is 68.4 Å². The van der Waals surface area contributed by atoms with Crippen LogP contribution in [0.3, 0.4) is 0 Å². The van der Waals surface area contributed by atoms with Gasteiger partial charge < -0.3 is 4.90 Å². The molecule has 8 heteroatoms. The van der Waals surface area contributed by atoms with Crippen molar-refractivity contribution < 1.29 is 4.79 Å². The Morgan fingerprint density at radius 2 is 1.81 bits per heavy atom. The molecule has 0 atom stereocenters. The molecular formula is C23H29Cl2N3OS2. The van der Waals surface area contributed by atoms with Crippen LogP contribution in [0.15, 0.2) is 41.3 Å². The van der Waals surface area contributed by atoms with Crippen LogP contribution in [-0.4, -0.2) is 48.7 Å². The molecule has 0 saturated carbocycles. The molecule has 0 spiro atoms. The molecule has 1 aromatic heterocycles. The Kier molecular flexibility index (Phi) is 10.1. The minimum absolute atomic E-state index is 0. The fraction of sp³-hybridized carbons (Fsp3) is 0.391. The molecule has 0 N–H and O–H groups in total. The highest BCUT2D eigenvalue weighted by molar-refractivity contribution is 7.99. The highest BCUT2D eigenvalue weighted by atomic mass is 35.5. The van der Waals surface area contributed by atoms with Crippen LogP contribution in [0.5, 0.6) is 0 Å². The van der Waals surface area contributed by atoms with E-state index in [2.05, 4.69) is 36.1 Å². The van der Waals surface area contributed by atoms with E-state index in [-0.39, 0.29) is 18.3 Å². The molecule has 1 amide bonds. The first-order chi connectivity index (χ1) is 14.3. The Morgan fingerprint density at radius 1 is 1.10 bits per heavy atom. The lowest BCUT2D eigenvalue weighted by Crippen LogP contribution is -2.33. The summed E-state index contributed by atoms with van der Waals surface area (Å²) in [7, 11) is 4.09. The number of anilines is 1. The summed E-state index contributed by atoms with van der Waals surface area (Å²) < 4.78 is 0.950.